The fourth-order valence-corrected chi connectivity index (χ4v) is 1.78. The average Bonchev–Trinajstić information content (AvgIpc) is 2.60. The zero-order valence-electron chi connectivity index (χ0n) is 9.77. The smallest absolute Gasteiger partial charge is 0.0521 e. The van der Waals surface area contributed by atoms with Gasteiger partial charge in [-0.1, -0.05) is 13.8 Å². The molecule has 0 aliphatic rings. The molecular weight excluding hydrogens is 190 g/mol. The van der Waals surface area contributed by atoms with Gasteiger partial charge in [0, 0.05) is 25.2 Å². The van der Waals surface area contributed by atoms with E-state index in [4.69, 9.17) is 5.73 Å². The molecule has 1 unspecified atom stereocenters. The number of nitrogens with two attached hydrogens (primary N) is 1. The van der Waals surface area contributed by atoms with Gasteiger partial charge in [-0.3, -0.25) is 4.68 Å². The van der Waals surface area contributed by atoms with Crippen LogP contribution in [0.25, 0.3) is 0 Å². The molecule has 1 aromatic rings. The third-order valence-corrected chi connectivity index (χ3v) is 3.26. The van der Waals surface area contributed by atoms with E-state index in [9.17, 15) is 5.11 Å². The van der Waals surface area contributed by atoms with Crippen molar-refractivity contribution in [1.82, 2.24) is 9.78 Å². The van der Waals surface area contributed by atoms with E-state index >= 15 is 0 Å². The monoisotopic (exact) mass is 211 g/mol. The minimum absolute atomic E-state index is 0.121. The van der Waals surface area contributed by atoms with Crippen molar-refractivity contribution in [2.24, 2.45) is 24.1 Å². The van der Waals surface area contributed by atoms with Crippen molar-refractivity contribution in [1.29, 1.82) is 0 Å². The molecule has 4 nitrogen and oxygen atoms in total. The molecule has 1 heterocycles. The van der Waals surface area contributed by atoms with Gasteiger partial charge in [0.25, 0.3) is 0 Å². The van der Waals surface area contributed by atoms with E-state index < -0.39 is 0 Å². The second kappa shape index (κ2) is 4.77. The molecular formula is C11H21N3O. The Balaban J connectivity index is 2.83. The van der Waals surface area contributed by atoms with Crippen molar-refractivity contribution in [3.63, 3.8) is 0 Å². The lowest BCUT2D eigenvalue weighted by molar-refractivity contribution is 0.0842. The van der Waals surface area contributed by atoms with Crippen LogP contribution in [0.5, 0.6) is 0 Å². The molecule has 1 aromatic heterocycles. The topological polar surface area (TPSA) is 64.1 Å². The average molecular weight is 211 g/mol. The molecule has 0 bridgehead atoms. The summed E-state index contributed by atoms with van der Waals surface area (Å²) in [5, 5.41) is 13.6. The number of aliphatic hydroxyl groups is 1. The van der Waals surface area contributed by atoms with Crippen molar-refractivity contribution in [2.45, 2.75) is 20.3 Å². The zero-order chi connectivity index (χ0) is 11.5. The molecule has 0 amide bonds. The molecule has 0 spiro atoms. The van der Waals surface area contributed by atoms with Gasteiger partial charge in [-0.05, 0) is 17.9 Å². The normalized spacial score (nSPS) is 15.6. The summed E-state index contributed by atoms with van der Waals surface area (Å²) in [6, 6.07) is 0. The van der Waals surface area contributed by atoms with Crippen LogP contribution in [0.2, 0.25) is 0 Å². The third kappa shape index (κ3) is 2.58. The lowest BCUT2D eigenvalue weighted by atomic mass is 9.74. The molecule has 0 aromatic carbocycles. The Labute approximate surface area is 91.1 Å². The minimum Gasteiger partial charge on any atom is -0.396 e. The number of aliphatic hydroxyl groups excluding tert-OH is 1. The van der Waals surface area contributed by atoms with Crippen molar-refractivity contribution in [3.05, 3.63) is 18.0 Å². The summed E-state index contributed by atoms with van der Waals surface area (Å²) in [6.07, 6.45) is 4.59. The van der Waals surface area contributed by atoms with Crippen LogP contribution in [0.4, 0.5) is 0 Å². The van der Waals surface area contributed by atoms with Crippen molar-refractivity contribution in [3.8, 4) is 0 Å². The maximum absolute atomic E-state index is 9.51. The van der Waals surface area contributed by atoms with E-state index in [1.165, 1.54) is 0 Å². The van der Waals surface area contributed by atoms with Crippen LogP contribution in [0.15, 0.2) is 12.4 Å². The Bertz CT molecular complexity index is 303. The molecule has 1 rings (SSSR count). The second-order valence-electron chi connectivity index (χ2n) is 4.58. The first-order valence-corrected chi connectivity index (χ1v) is 5.32. The van der Waals surface area contributed by atoms with E-state index in [1.54, 1.807) is 4.68 Å². The van der Waals surface area contributed by atoms with Crippen LogP contribution in [0, 0.1) is 11.3 Å². The largest absolute Gasteiger partial charge is 0.396 e. The van der Waals surface area contributed by atoms with Crippen LogP contribution < -0.4 is 5.73 Å². The summed E-state index contributed by atoms with van der Waals surface area (Å²) >= 11 is 0. The number of hydrogen-bond donors (Lipinski definition) is 2. The van der Waals surface area contributed by atoms with E-state index in [-0.39, 0.29) is 12.0 Å². The van der Waals surface area contributed by atoms with E-state index in [0.717, 1.165) is 12.0 Å². The van der Waals surface area contributed by atoms with Crippen LogP contribution in [0.3, 0.4) is 0 Å². The van der Waals surface area contributed by atoms with E-state index in [0.29, 0.717) is 12.5 Å². The Hall–Kier alpha value is -0.870. The molecule has 0 aliphatic carbocycles. The van der Waals surface area contributed by atoms with Gasteiger partial charge in [0.05, 0.1) is 12.8 Å². The number of nitrogens with zero attached hydrogens (tertiary/aromatic N) is 2. The third-order valence-electron chi connectivity index (χ3n) is 3.26. The molecule has 1 atom stereocenters. The first-order valence-electron chi connectivity index (χ1n) is 5.32. The van der Waals surface area contributed by atoms with E-state index in [2.05, 4.69) is 18.9 Å². The highest BCUT2D eigenvalue weighted by molar-refractivity contribution is 5.08. The van der Waals surface area contributed by atoms with Crippen molar-refractivity contribution in [2.75, 3.05) is 13.2 Å². The van der Waals surface area contributed by atoms with Gasteiger partial charge in [-0.2, -0.15) is 5.10 Å². The van der Waals surface area contributed by atoms with Crippen molar-refractivity contribution >= 4 is 0 Å². The fourth-order valence-electron chi connectivity index (χ4n) is 1.78. The molecule has 4 heteroatoms. The van der Waals surface area contributed by atoms with Gasteiger partial charge in [0.2, 0.25) is 0 Å². The first kappa shape index (κ1) is 12.2. The second-order valence-corrected chi connectivity index (χ2v) is 4.58. The first-order chi connectivity index (χ1) is 7.04. The quantitative estimate of drug-likeness (QED) is 0.748. The molecule has 0 radical (unpaired) electrons. The summed E-state index contributed by atoms with van der Waals surface area (Å²) in [6.45, 7) is 4.81. The Morgan fingerprint density at radius 1 is 1.60 bits per heavy atom. The Kier molecular flexibility index (Phi) is 3.88. The SMILES string of the molecule is CC(C)C(CN)(CO)Cc1cnn(C)c1. The minimum atomic E-state index is -0.219. The highest BCUT2D eigenvalue weighted by Crippen LogP contribution is 2.30. The van der Waals surface area contributed by atoms with Gasteiger partial charge >= 0.3 is 0 Å². The summed E-state index contributed by atoms with van der Waals surface area (Å²) < 4.78 is 1.77. The Morgan fingerprint density at radius 2 is 2.27 bits per heavy atom. The number of aryl methyl sites for hydroxylation is 1. The number of rotatable bonds is 5. The molecule has 0 fully saturated rings. The molecule has 0 aliphatic heterocycles. The highest BCUT2D eigenvalue weighted by atomic mass is 16.3. The van der Waals surface area contributed by atoms with Crippen LogP contribution >= 0.6 is 0 Å². The number of hydrogen-bond acceptors (Lipinski definition) is 3. The van der Waals surface area contributed by atoms with E-state index in [1.807, 2.05) is 19.4 Å². The highest BCUT2D eigenvalue weighted by Gasteiger charge is 2.32. The molecule has 0 saturated carbocycles. The summed E-state index contributed by atoms with van der Waals surface area (Å²) in [4.78, 5) is 0. The van der Waals surface area contributed by atoms with Crippen LogP contribution in [0.1, 0.15) is 19.4 Å². The predicted molar refractivity (Wildman–Crippen MR) is 60.3 cm³/mol. The standard InChI is InChI=1S/C11H21N3O/c1-9(2)11(7-12,8-15)4-10-5-13-14(3)6-10/h5-6,9,15H,4,7-8,12H2,1-3H3. The van der Waals surface area contributed by atoms with Gasteiger partial charge in [-0.25, -0.2) is 0 Å². The molecule has 3 N–H and O–H groups in total. The summed E-state index contributed by atoms with van der Waals surface area (Å²) in [5.74, 6) is 0.354. The predicted octanol–water partition coefficient (Wildman–Crippen LogP) is 0.556. The van der Waals surface area contributed by atoms with Gasteiger partial charge in [-0.15, -0.1) is 0 Å². The molecule has 15 heavy (non-hydrogen) atoms. The zero-order valence-corrected chi connectivity index (χ0v) is 9.77. The maximum atomic E-state index is 9.51. The summed E-state index contributed by atoms with van der Waals surface area (Å²) in [7, 11) is 1.89. The molecule has 86 valence electrons. The van der Waals surface area contributed by atoms with Crippen LogP contribution in [-0.4, -0.2) is 28.0 Å². The van der Waals surface area contributed by atoms with Gasteiger partial charge in [0.15, 0.2) is 0 Å². The lowest BCUT2D eigenvalue weighted by Gasteiger charge is -2.34. The van der Waals surface area contributed by atoms with Crippen LogP contribution in [-0.2, 0) is 13.5 Å². The van der Waals surface area contributed by atoms with Gasteiger partial charge < -0.3 is 10.8 Å². The Morgan fingerprint density at radius 3 is 2.60 bits per heavy atom. The fraction of sp³-hybridized carbons (Fsp3) is 0.727. The molecule has 0 saturated heterocycles. The maximum Gasteiger partial charge on any atom is 0.0521 e. The lowest BCUT2D eigenvalue weighted by Crippen LogP contribution is -2.41. The van der Waals surface area contributed by atoms with Gasteiger partial charge in [0.1, 0.15) is 0 Å². The van der Waals surface area contributed by atoms with Crippen molar-refractivity contribution < 1.29 is 5.11 Å². The summed E-state index contributed by atoms with van der Waals surface area (Å²) in [5.41, 5.74) is 6.70. The number of aromatic nitrogens is 2.